The molecular formula is C12H16FNO3. The van der Waals surface area contributed by atoms with E-state index in [9.17, 15) is 4.39 Å². The maximum atomic E-state index is 12.0. The fourth-order valence-electron chi connectivity index (χ4n) is 1.67. The van der Waals surface area contributed by atoms with Crippen LogP contribution in [0.15, 0.2) is 12.1 Å². The first-order valence-electron chi connectivity index (χ1n) is 5.61. The van der Waals surface area contributed by atoms with E-state index in [1.807, 2.05) is 13.1 Å². The summed E-state index contributed by atoms with van der Waals surface area (Å²) in [5.41, 5.74) is 0.982. The summed E-state index contributed by atoms with van der Waals surface area (Å²) in [5.74, 6) is 2.13. The van der Waals surface area contributed by atoms with Crippen LogP contribution in [0.2, 0.25) is 0 Å². The molecule has 0 atom stereocenters. The van der Waals surface area contributed by atoms with Gasteiger partial charge in [-0.05, 0) is 13.1 Å². The summed E-state index contributed by atoms with van der Waals surface area (Å²) in [6, 6.07) is 3.69. The molecule has 0 saturated heterocycles. The highest BCUT2D eigenvalue weighted by Gasteiger charge is 2.17. The molecule has 0 radical (unpaired) electrons. The number of rotatable bonds is 6. The van der Waals surface area contributed by atoms with E-state index < -0.39 is 0 Å². The van der Waals surface area contributed by atoms with Crippen molar-refractivity contribution in [1.82, 2.24) is 5.32 Å². The van der Waals surface area contributed by atoms with E-state index in [0.717, 1.165) is 17.1 Å². The van der Waals surface area contributed by atoms with E-state index in [4.69, 9.17) is 14.2 Å². The first-order chi connectivity index (χ1) is 8.35. The van der Waals surface area contributed by atoms with Crippen molar-refractivity contribution in [1.29, 1.82) is 0 Å². The lowest BCUT2D eigenvalue weighted by Gasteiger charge is -2.11. The van der Waals surface area contributed by atoms with Gasteiger partial charge < -0.3 is 19.5 Å². The lowest BCUT2D eigenvalue weighted by Crippen LogP contribution is -2.08. The number of fused-ring (bicyclic) bond motifs is 1. The molecule has 1 aromatic carbocycles. The third kappa shape index (κ3) is 2.79. The Labute approximate surface area is 99.7 Å². The summed E-state index contributed by atoms with van der Waals surface area (Å²) < 4.78 is 28.1. The fourth-order valence-corrected chi connectivity index (χ4v) is 1.67. The quantitative estimate of drug-likeness (QED) is 0.772. The molecule has 0 aromatic heterocycles. The van der Waals surface area contributed by atoms with Gasteiger partial charge in [0.1, 0.15) is 5.75 Å². The SMILES string of the molecule is CNCc1cc2c(cc1OCCCF)OCO2. The maximum absolute atomic E-state index is 12.0. The second-order valence-corrected chi connectivity index (χ2v) is 3.73. The van der Waals surface area contributed by atoms with Gasteiger partial charge in [-0.1, -0.05) is 0 Å². The monoisotopic (exact) mass is 241 g/mol. The van der Waals surface area contributed by atoms with E-state index in [1.54, 1.807) is 6.07 Å². The summed E-state index contributed by atoms with van der Waals surface area (Å²) in [6.07, 6.45) is 0.396. The zero-order valence-electron chi connectivity index (χ0n) is 9.79. The van der Waals surface area contributed by atoms with Gasteiger partial charge in [0.05, 0.1) is 13.3 Å². The van der Waals surface area contributed by atoms with E-state index >= 15 is 0 Å². The van der Waals surface area contributed by atoms with Gasteiger partial charge in [-0.2, -0.15) is 0 Å². The predicted octanol–water partition coefficient (Wildman–Crippen LogP) is 1.87. The minimum atomic E-state index is -0.369. The second kappa shape index (κ2) is 5.72. The summed E-state index contributed by atoms with van der Waals surface area (Å²) in [5, 5.41) is 3.06. The molecule has 2 rings (SSSR count). The number of ether oxygens (including phenoxy) is 3. The Morgan fingerprint density at radius 3 is 2.82 bits per heavy atom. The molecule has 0 unspecified atom stereocenters. The second-order valence-electron chi connectivity index (χ2n) is 3.73. The molecule has 0 bridgehead atoms. The fraction of sp³-hybridized carbons (Fsp3) is 0.500. The van der Waals surface area contributed by atoms with Crippen LogP contribution in [0.5, 0.6) is 17.2 Å². The molecular weight excluding hydrogens is 225 g/mol. The highest BCUT2D eigenvalue weighted by Crippen LogP contribution is 2.38. The summed E-state index contributed by atoms with van der Waals surface area (Å²) in [7, 11) is 1.86. The van der Waals surface area contributed by atoms with Crippen molar-refractivity contribution in [3.8, 4) is 17.2 Å². The maximum Gasteiger partial charge on any atom is 0.231 e. The first kappa shape index (κ1) is 12.0. The highest BCUT2D eigenvalue weighted by atomic mass is 19.1. The van der Waals surface area contributed by atoms with Crippen molar-refractivity contribution >= 4 is 0 Å². The van der Waals surface area contributed by atoms with Crippen molar-refractivity contribution < 1.29 is 18.6 Å². The Hall–Kier alpha value is -1.49. The van der Waals surface area contributed by atoms with Crippen LogP contribution in [0.4, 0.5) is 4.39 Å². The largest absolute Gasteiger partial charge is 0.493 e. The lowest BCUT2D eigenvalue weighted by molar-refractivity contribution is 0.173. The average Bonchev–Trinajstić information content (AvgIpc) is 2.77. The normalized spacial score (nSPS) is 12.8. The number of hydrogen-bond acceptors (Lipinski definition) is 4. The van der Waals surface area contributed by atoms with E-state index in [2.05, 4.69) is 5.32 Å². The topological polar surface area (TPSA) is 39.7 Å². The van der Waals surface area contributed by atoms with Crippen LogP contribution in [0.1, 0.15) is 12.0 Å². The van der Waals surface area contributed by atoms with Gasteiger partial charge in [0.2, 0.25) is 6.79 Å². The summed E-state index contributed by atoms with van der Waals surface area (Å²) in [4.78, 5) is 0. The molecule has 17 heavy (non-hydrogen) atoms. The molecule has 0 spiro atoms. The lowest BCUT2D eigenvalue weighted by atomic mass is 10.1. The van der Waals surface area contributed by atoms with Crippen LogP contribution in [-0.4, -0.2) is 27.1 Å². The van der Waals surface area contributed by atoms with Gasteiger partial charge in [-0.3, -0.25) is 4.39 Å². The Kier molecular flexibility index (Phi) is 4.03. The van der Waals surface area contributed by atoms with Crippen molar-refractivity contribution in [3.63, 3.8) is 0 Å². The highest BCUT2D eigenvalue weighted by molar-refractivity contribution is 5.51. The summed E-state index contributed by atoms with van der Waals surface area (Å²) in [6.45, 7) is 0.905. The van der Waals surface area contributed by atoms with Crippen LogP contribution in [0, 0.1) is 0 Å². The van der Waals surface area contributed by atoms with Crippen LogP contribution >= 0.6 is 0 Å². The van der Waals surface area contributed by atoms with Gasteiger partial charge >= 0.3 is 0 Å². The first-order valence-corrected chi connectivity index (χ1v) is 5.61. The molecule has 0 aliphatic carbocycles. The molecule has 1 aromatic rings. The molecule has 0 fully saturated rings. The molecule has 1 heterocycles. The third-order valence-electron chi connectivity index (χ3n) is 2.46. The molecule has 0 amide bonds. The van der Waals surface area contributed by atoms with Crippen LogP contribution in [0.3, 0.4) is 0 Å². The number of halogens is 1. The molecule has 0 saturated carbocycles. The van der Waals surface area contributed by atoms with Crippen LogP contribution in [-0.2, 0) is 6.54 Å². The van der Waals surface area contributed by atoms with E-state index in [0.29, 0.717) is 25.3 Å². The zero-order chi connectivity index (χ0) is 12.1. The summed E-state index contributed by atoms with van der Waals surface area (Å²) >= 11 is 0. The minimum Gasteiger partial charge on any atom is -0.493 e. The number of nitrogens with one attached hydrogen (secondary N) is 1. The minimum absolute atomic E-state index is 0.238. The molecule has 94 valence electrons. The third-order valence-corrected chi connectivity index (χ3v) is 2.46. The van der Waals surface area contributed by atoms with Crippen molar-refractivity contribution in [2.45, 2.75) is 13.0 Å². The van der Waals surface area contributed by atoms with E-state index in [-0.39, 0.29) is 13.5 Å². The van der Waals surface area contributed by atoms with Crippen LogP contribution < -0.4 is 19.5 Å². The average molecular weight is 241 g/mol. The predicted molar refractivity (Wildman–Crippen MR) is 61.4 cm³/mol. The number of alkyl halides is 1. The Balaban J connectivity index is 2.15. The molecule has 1 N–H and O–H groups in total. The van der Waals surface area contributed by atoms with Gasteiger partial charge in [-0.15, -0.1) is 0 Å². The van der Waals surface area contributed by atoms with Crippen LogP contribution in [0.25, 0.3) is 0 Å². The molecule has 5 heteroatoms. The smallest absolute Gasteiger partial charge is 0.231 e. The van der Waals surface area contributed by atoms with E-state index in [1.165, 1.54) is 0 Å². The number of hydrogen-bond donors (Lipinski definition) is 1. The van der Waals surface area contributed by atoms with Crippen molar-refractivity contribution in [2.24, 2.45) is 0 Å². The Morgan fingerprint density at radius 2 is 2.12 bits per heavy atom. The van der Waals surface area contributed by atoms with Gasteiger partial charge in [-0.25, -0.2) is 0 Å². The van der Waals surface area contributed by atoms with Gasteiger partial charge in [0.25, 0.3) is 0 Å². The Morgan fingerprint density at radius 1 is 1.35 bits per heavy atom. The molecule has 4 nitrogen and oxygen atoms in total. The van der Waals surface area contributed by atoms with Crippen molar-refractivity contribution in [2.75, 3.05) is 27.1 Å². The number of benzene rings is 1. The Bertz CT molecular complexity index is 384. The molecule has 1 aliphatic heterocycles. The standard InChI is InChI=1S/C12H16FNO3/c1-14-7-9-5-11-12(17-8-16-11)6-10(9)15-4-2-3-13/h5-6,14H,2-4,7-8H2,1H3. The van der Waals surface area contributed by atoms with Crippen molar-refractivity contribution in [3.05, 3.63) is 17.7 Å². The zero-order valence-corrected chi connectivity index (χ0v) is 9.79. The van der Waals surface area contributed by atoms with Gasteiger partial charge in [0, 0.05) is 24.6 Å². The van der Waals surface area contributed by atoms with Gasteiger partial charge in [0.15, 0.2) is 11.5 Å². The molecule has 1 aliphatic rings.